The van der Waals surface area contributed by atoms with Gasteiger partial charge in [0.1, 0.15) is 11.8 Å². The van der Waals surface area contributed by atoms with Gasteiger partial charge in [0, 0.05) is 22.0 Å². The van der Waals surface area contributed by atoms with Crippen LogP contribution in [-0.2, 0) is 6.18 Å². The van der Waals surface area contributed by atoms with Crippen LogP contribution in [0.5, 0.6) is 0 Å². The van der Waals surface area contributed by atoms with Gasteiger partial charge in [-0.05, 0) is 88.2 Å². The van der Waals surface area contributed by atoms with Gasteiger partial charge in [-0.25, -0.2) is 9.97 Å². The summed E-state index contributed by atoms with van der Waals surface area (Å²) in [5, 5.41) is 14.5. The van der Waals surface area contributed by atoms with Crippen LogP contribution >= 0.6 is 15.9 Å². The first-order valence-electron chi connectivity index (χ1n) is 10.2. The summed E-state index contributed by atoms with van der Waals surface area (Å²) in [6.45, 7) is 2.04. The van der Waals surface area contributed by atoms with Crippen molar-refractivity contribution in [2.75, 3.05) is 11.1 Å². The standard InChI is InChI=1S/C13H11N3.C7H6F3N.C5H3BrN2O/c1-10-3-2-4-11(7-10)16-13-6-5-12(8-14)15-9-13;8-7(9,10)5-2-1-3-6(11)4-5;6-4-1-2-5(8-9)7-3-4/h2-7,9,16H,1H3;1-4H,11H2;1-3H. The number of halogens is 4. The van der Waals surface area contributed by atoms with E-state index in [1.54, 1.807) is 18.3 Å². The number of nitrogen functional groups attached to an aromatic ring is 1. The van der Waals surface area contributed by atoms with E-state index in [2.05, 4.69) is 42.5 Å². The lowest BCUT2D eigenvalue weighted by Crippen LogP contribution is -2.04. The van der Waals surface area contributed by atoms with Crippen LogP contribution in [0.1, 0.15) is 16.8 Å². The fourth-order valence-electron chi connectivity index (χ4n) is 2.56. The quantitative estimate of drug-likeness (QED) is 0.199. The molecule has 11 heteroatoms. The van der Waals surface area contributed by atoms with E-state index in [0.717, 1.165) is 28.0 Å². The lowest BCUT2D eigenvalue weighted by atomic mass is 10.2. The summed E-state index contributed by atoms with van der Waals surface area (Å²) in [6.07, 6.45) is -1.12. The second-order valence-electron chi connectivity index (χ2n) is 7.09. The molecule has 0 saturated carbocycles. The molecule has 2 heterocycles. The number of anilines is 3. The minimum absolute atomic E-state index is 0.125. The summed E-state index contributed by atoms with van der Waals surface area (Å²) in [4.78, 5) is 17.5. The summed E-state index contributed by atoms with van der Waals surface area (Å²) in [7, 11) is 0. The van der Waals surface area contributed by atoms with E-state index in [9.17, 15) is 18.1 Å². The molecule has 0 spiro atoms. The van der Waals surface area contributed by atoms with Crippen LogP contribution in [0, 0.1) is 23.2 Å². The molecule has 0 bridgehead atoms. The molecule has 0 aliphatic rings. The second-order valence-corrected chi connectivity index (χ2v) is 8.00. The number of pyridine rings is 2. The number of nitrogens with two attached hydrogens (primary N) is 1. The van der Waals surface area contributed by atoms with Crippen LogP contribution in [0.25, 0.3) is 0 Å². The fraction of sp³-hybridized carbons (Fsp3) is 0.0800. The molecule has 7 nitrogen and oxygen atoms in total. The number of nitroso groups, excluding NO2 is 1. The van der Waals surface area contributed by atoms with E-state index in [0.29, 0.717) is 5.69 Å². The highest BCUT2D eigenvalue weighted by Crippen LogP contribution is 2.29. The Bertz CT molecular complexity index is 1310. The highest BCUT2D eigenvalue weighted by atomic mass is 79.9. The van der Waals surface area contributed by atoms with Crippen LogP contribution < -0.4 is 11.1 Å². The highest BCUT2D eigenvalue weighted by molar-refractivity contribution is 9.10. The molecule has 2 aromatic carbocycles. The highest BCUT2D eigenvalue weighted by Gasteiger charge is 2.30. The van der Waals surface area contributed by atoms with Crippen molar-refractivity contribution >= 4 is 38.8 Å². The number of aromatic nitrogens is 2. The Morgan fingerprint density at radius 3 is 2.22 bits per heavy atom. The molecule has 3 N–H and O–H groups in total. The van der Waals surface area contributed by atoms with Gasteiger partial charge in [-0.2, -0.15) is 18.4 Å². The van der Waals surface area contributed by atoms with Gasteiger partial charge in [0.15, 0.2) is 5.82 Å². The van der Waals surface area contributed by atoms with Crippen molar-refractivity contribution in [2.24, 2.45) is 5.18 Å². The first-order chi connectivity index (χ1) is 17.1. The van der Waals surface area contributed by atoms with Crippen LogP contribution in [-0.4, -0.2) is 9.97 Å². The van der Waals surface area contributed by atoms with Crippen molar-refractivity contribution in [1.29, 1.82) is 5.26 Å². The predicted molar refractivity (Wildman–Crippen MR) is 137 cm³/mol. The van der Waals surface area contributed by atoms with Gasteiger partial charge in [-0.3, -0.25) is 0 Å². The third kappa shape index (κ3) is 9.90. The van der Waals surface area contributed by atoms with Crippen molar-refractivity contribution in [1.82, 2.24) is 9.97 Å². The van der Waals surface area contributed by atoms with Crippen LogP contribution in [0.3, 0.4) is 0 Å². The zero-order valence-electron chi connectivity index (χ0n) is 18.9. The maximum Gasteiger partial charge on any atom is 0.416 e. The number of nitrogens with one attached hydrogen (secondary N) is 1. The SMILES string of the molecule is Cc1cccc(Nc2ccc(C#N)nc2)c1.Nc1cccc(C(F)(F)F)c1.O=Nc1ccc(Br)cn1. The predicted octanol–water partition coefficient (Wildman–Crippen LogP) is 7.53. The van der Waals surface area contributed by atoms with Gasteiger partial charge in [-0.1, -0.05) is 18.2 Å². The Labute approximate surface area is 213 Å². The van der Waals surface area contributed by atoms with Gasteiger partial charge in [0.25, 0.3) is 0 Å². The summed E-state index contributed by atoms with van der Waals surface area (Å²) in [5.41, 5.74) is 8.09. The van der Waals surface area contributed by atoms with E-state index in [1.807, 2.05) is 37.3 Å². The van der Waals surface area contributed by atoms with Crippen molar-refractivity contribution in [3.63, 3.8) is 0 Å². The van der Waals surface area contributed by atoms with E-state index in [1.165, 1.54) is 30.0 Å². The molecule has 0 amide bonds. The number of aryl methyl sites for hydroxylation is 1. The van der Waals surface area contributed by atoms with Gasteiger partial charge in [0.2, 0.25) is 0 Å². The minimum Gasteiger partial charge on any atom is -0.399 e. The summed E-state index contributed by atoms with van der Waals surface area (Å²) < 4.78 is 36.6. The van der Waals surface area contributed by atoms with Crippen molar-refractivity contribution < 1.29 is 13.2 Å². The topological polar surface area (TPSA) is 117 Å². The van der Waals surface area contributed by atoms with Crippen LogP contribution in [0.4, 0.5) is 36.1 Å². The maximum absolute atomic E-state index is 11.9. The molecule has 2 aromatic heterocycles. The van der Waals surface area contributed by atoms with Crippen LogP contribution in [0.2, 0.25) is 0 Å². The van der Waals surface area contributed by atoms with E-state index in [4.69, 9.17) is 11.0 Å². The lowest BCUT2D eigenvalue weighted by Gasteiger charge is -2.06. The number of rotatable bonds is 3. The van der Waals surface area contributed by atoms with Gasteiger partial charge in [0.05, 0.1) is 17.4 Å². The zero-order chi connectivity index (χ0) is 26.6. The Morgan fingerprint density at radius 2 is 1.72 bits per heavy atom. The first-order valence-corrected chi connectivity index (χ1v) is 11.0. The number of hydrogen-bond acceptors (Lipinski definition) is 7. The van der Waals surface area contributed by atoms with Crippen molar-refractivity contribution in [3.8, 4) is 6.07 Å². The van der Waals surface area contributed by atoms with Gasteiger partial charge < -0.3 is 11.1 Å². The molecule has 184 valence electrons. The zero-order valence-corrected chi connectivity index (χ0v) is 20.5. The number of benzene rings is 2. The van der Waals surface area contributed by atoms with E-state index < -0.39 is 11.7 Å². The van der Waals surface area contributed by atoms with E-state index >= 15 is 0 Å². The Morgan fingerprint density at radius 1 is 0.972 bits per heavy atom. The molecule has 4 aromatic rings. The Hall–Kier alpha value is -4.30. The molecule has 36 heavy (non-hydrogen) atoms. The van der Waals surface area contributed by atoms with Gasteiger partial charge >= 0.3 is 6.18 Å². The molecule has 0 radical (unpaired) electrons. The molecule has 0 atom stereocenters. The molecular weight excluding hydrogens is 537 g/mol. The smallest absolute Gasteiger partial charge is 0.399 e. The third-order valence-corrected chi connectivity index (χ3v) is 4.67. The monoisotopic (exact) mass is 556 g/mol. The summed E-state index contributed by atoms with van der Waals surface area (Å²) in [5.74, 6) is 0.207. The minimum atomic E-state index is -4.30. The number of nitrogens with zero attached hydrogens (tertiary/aromatic N) is 4. The normalized spacial score (nSPS) is 10.0. The van der Waals surface area contributed by atoms with E-state index in [-0.39, 0.29) is 11.5 Å². The molecule has 0 fully saturated rings. The molecule has 4 rings (SSSR count). The number of alkyl halides is 3. The van der Waals surface area contributed by atoms with Gasteiger partial charge in [-0.15, -0.1) is 4.91 Å². The maximum atomic E-state index is 11.9. The Kier molecular flexibility index (Phi) is 10.5. The third-order valence-electron chi connectivity index (χ3n) is 4.20. The molecule has 0 aliphatic carbocycles. The fourth-order valence-corrected chi connectivity index (χ4v) is 2.79. The van der Waals surface area contributed by atoms with Crippen LogP contribution in [0.15, 0.2) is 94.8 Å². The average molecular weight is 557 g/mol. The first kappa shape index (κ1) is 27.9. The largest absolute Gasteiger partial charge is 0.416 e. The summed E-state index contributed by atoms with van der Waals surface area (Å²) in [6, 6.07) is 21.4. The van der Waals surface area contributed by atoms with Crippen molar-refractivity contribution in [3.05, 3.63) is 111 Å². The average Bonchev–Trinajstić information content (AvgIpc) is 2.85. The number of nitriles is 1. The molecular formula is C25H20BrF3N6O. The molecule has 0 unspecified atom stereocenters. The molecule has 0 saturated heterocycles. The number of hydrogen-bond donors (Lipinski definition) is 2. The molecule has 0 aliphatic heterocycles. The van der Waals surface area contributed by atoms with Crippen molar-refractivity contribution in [2.45, 2.75) is 13.1 Å². The Balaban J connectivity index is 0.000000200. The summed E-state index contributed by atoms with van der Waals surface area (Å²) >= 11 is 3.17. The lowest BCUT2D eigenvalue weighted by molar-refractivity contribution is -0.137. The second kappa shape index (κ2) is 13.6.